The van der Waals surface area contributed by atoms with E-state index in [2.05, 4.69) is 5.32 Å². The summed E-state index contributed by atoms with van der Waals surface area (Å²) in [6, 6.07) is -0.231. The maximum Gasteiger partial charge on any atom is 0.304 e. The molecule has 4 nitrogen and oxygen atoms in total. The van der Waals surface area contributed by atoms with E-state index in [4.69, 9.17) is 5.11 Å². The fourth-order valence-corrected chi connectivity index (χ4v) is 0.834. The fraction of sp³-hybridized carbons (Fsp3) is 0.714. The lowest BCUT2D eigenvalue weighted by atomic mass is 10.1. The van der Waals surface area contributed by atoms with E-state index in [1.54, 1.807) is 7.05 Å². The number of aliphatic carboxylic acids is 1. The molecule has 64 valence electrons. The van der Waals surface area contributed by atoms with Crippen molar-refractivity contribution in [2.24, 2.45) is 0 Å². The van der Waals surface area contributed by atoms with Crippen LogP contribution in [0.5, 0.6) is 0 Å². The lowest BCUT2D eigenvalue weighted by Crippen LogP contribution is -2.29. The van der Waals surface area contributed by atoms with Gasteiger partial charge in [-0.15, -0.1) is 0 Å². The quantitative estimate of drug-likeness (QED) is 0.594. The summed E-state index contributed by atoms with van der Waals surface area (Å²) in [6.45, 7) is 1.45. The molecule has 0 aliphatic heterocycles. The lowest BCUT2D eigenvalue weighted by Gasteiger charge is -2.10. The molecule has 0 aromatic rings. The number of rotatable bonds is 5. The third-order valence-electron chi connectivity index (χ3n) is 1.36. The number of Topliss-reactive ketones (excluding diaryl/α,β-unsaturated/α-hetero) is 1. The first-order valence-electron chi connectivity index (χ1n) is 3.44. The number of hydrogen-bond acceptors (Lipinski definition) is 3. The SMILES string of the molecule is CNC(CC(C)=O)CC(=O)O. The predicted octanol–water partition coefficient (Wildman–Crippen LogP) is 0.0282. The fourth-order valence-electron chi connectivity index (χ4n) is 0.834. The molecule has 0 fully saturated rings. The molecule has 1 unspecified atom stereocenters. The topological polar surface area (TPSA) is 66.4 Å². The minimum atomic E-state index is -0.884. The number of ketones is 1. The first-order chi connectivity index (χ1) is 5.06. The molecule has 0 rings (SSSR count). The van der Waals surface area contributed by atoms with Gasteiger partial charge in [0.15, 0.2) is 0 Å². The van der Waals surface area contributed by atoms with Gasteiger partial charge >= 0.3 is 5.97 Å². The van der Waals surface area contributed by atoms with Gasteiger partial charge in [-0.1, -0.05) is 0 Å². The Morgan fingerprint density at radius 3 is 2.27 bits per heavy atom. The van der Waals surface area contributed by atoms with Crippen molar-refractivity contribution in [1.82, 2.24) is 5.32 Å². The lowest BCUT2D eigenvalue weighted by molar-refractivity contribution is -0.137. The van der Waals surface area contributed by atoms with E-state index in [9.17, 15) is 9.59 Å². The monoisotopic (exact) mass is 159 g/mol. The van der Waals surface area contributed by atoms with Crippen molar-refractivity contribution >= 4 is 11.8 Å². The maximum absolute atomic E-state index is 10.6. The van der Waals surface area contributed by atoms with Crippen molar-refractivity contribution < 1.29 is 14.7 Å². The molecule has 0 bridgehead atoms. The standard InChI is InChI=1S/C7H13NO3/c1-5(9)3-6(8-2)4-7(10)11/h6,8H,3-4H2,1-2H3,(H,10,11). The van der Waals surface area contributed by atoms with Gasteiger partial charge in [0.2, 0.25) is 0 Å². The molecule has 11 heavy (non-hydrogen) atoms. The predicted molar refractivity (Wildman–Crippen MR) is 40.4 cm³/mol. The Morgan fingerprint density at radius 1 is 1.45 bits per heavy atom. The van der Waals surface area contributed by atoms with Crippen LogP contribution in [-0.4, -0.2) is 29.9 Å². The number of carboxylic acid groups (broad SMARTS) is 1. The number of hydrogen-bond donors (Lipinski definition) is 2. The van der Waals surface area contributed by atoms with Crippen LogP contribution in [0, 0.1) is 0 Å². The molecule has 1 atom stereocenters. The number of carboxylic acids is 1. The third-order valence-corrected chi connectivity index (χ3v) is 1.36. The van der Waals surface area contributed by atoms with Gasteiger partial charge in [0.1, 0.15) is 5.78 Å². The molecular weight excluding hydrogens is 146 g/mol. The second-order valence-corrected chi connectivity index (χ2v) is 2.49. The molecule has 0 saturated carbocycles. The first kappa shape index (κ1) is 10.1. The largest absolute Gasteiger partial charge is 0.481 e. The van der Waals surface area contributed by atoms with Gasteiger partial charge in [0.25, 0.3) is 0 Å². The van der Waals surface area contributed by atoms with Gasteiger partial charge in [-0.3, -0.25) is 9.59 Å². The highest BCUT2D eigenvalue weighted by atomic mass is 16.4. The first-order valence-corrected chi connectivity index (χ1v) is 3.44. The Hall–Kier alpha value is -0.900. The highest BCUT2D eigenvalue weighted by Gasteiger charge is 2.12. The summed E-state index contributed by atoms with van der Waals surface area (Å²) in [5.41, 5.74) is 0. The van der Waals surface area contributed by atoms with E-state index in [1.165, 1.54) is 6.92 Å². The van der Waals surface area contributed by atoms with Gasteiger partial charge in [-0.05, 0) is 14.0 Å². The van der Waals surface area contributed by atoms with E-state index in [0.29, 0.717) is 0 Å². The van der Waals surface area contributed by atoms with Crippen molar-refractivity contribution in [3.8, 4) is 0 Å². The van der Waals surface area contributed by atoms with Crippen LogP contribution in [0.4, 0.5) is 0 Å². The zero-order valence-electron chi connectivity index (χ0n) is 6.76. The van der Waals surface area contributed by atoms with Gasteiger partial charge in [0, 0.05) is 12.5 Å². The van der Waals surface area contributed by atoms with E-state index in [0.717, 1.165) is 0 Å². The van der Waals surface area contributed by atoms with Crippen molar-refractivity contribution in [2.75, 3.05) is 7.05 Å². The molecule has 0 spiro atoms. The summed E-state index contributed by atoms with van der Waals surface area (Å²) >= 11 is 0. The smallest absolute Gasteiger partial charge is 0.304 e. The highest BCUT2D eigenvalue weighted by Crippen LogP contribution is 1.97. The highest BCUT2D eigenvalue weighted by molar-refractivity contribution is 5.77. The zero-order chi connectivity index (χ0) is 8.85. The molecular formula is C7H13NO3. The minimum Gasteiger partial charge on any atom is -0.481 e. The van der Waals surface area contributed by atoms with E-state index in [1.807, 2.05) is 0 Å². The van der Waals surface area contributed by atoms with E-state index in [-0.39, 0.29) is 24.7 Å². The zero-order valence-corrected chi connectivity index (χ0v) is 6.76. The molecule has 4 heteroatoms. The summed E-state index contributed by atoms with van der Waals surface area (Å²) in [6.07, 6.45) is 0.277. The molecule has 0 heterocycles. The van der Waals surface area contributed by atoms with Gasteiger partial charge < -0.3 is 10.4 Å². The minimum absolute atomic E-state index is 0.00389. The Kier molecular flexibility index (Phi) is 4.45. The van der Waals surface area contributed by atoms with Crippen LogP contribution in [0.1, 0.15) is 19.8 Å². The summed E-state index contributed by atoms with van der Waals surface area (Å²) in [5, 5.41) is 11.1. The van der Waals surface area contributed by atoms with E-state index < -0.39 is 5.97 Å². The van der Waals surface area contributed by atoms with Crippen molar-refractivity contribution in [3.63, 3.8) is 0 Å². The second kappa shape index (κ2) is 4.85. The molecule has 0 saturated heterocycles. The van der Waals surface area contributed by atoms with Crippen molar-refractivity contribution in [2.45, 2.75) is 25.8 Å². The van der Waals surface area contributed by atoms with Crippen LogP contribution in [0.15, 0.2) is 0 Å². The summed E-state index contributed by atoms with van der Waals surface area (Å²) in [7, 11) is 1.65. The van der Waals surface area contributed by atoms with E-state index >= 15 is 0 Å². The summed E-state index contributed by atoms with van der Waals surface area (Å²) in [5.74, 6) is -0.879. The van der Waals surface area contributed by atoms with Crippen LogP contribution >= 0.6 is 0 Å². The molecule has 0 radical (unpaired) electrons. The van der Waals surface area contributed by atoms with Crippen molar-refractivity contribution in [3.05, 3.63) is 0 Å². The van der Waals surface area contributed by atoms with Gasteiger partial charge in [0.05, 0.1) is 6.42 Å². The molecule has 0 amide bonds. The molecule has 0 aliphatic carbocycles. The van der Waals surface area contributed by atoms with Crippen LogP contribution in [0.3, 0.4) is 0 Å². The summed E-state index contributed by atoms with van der Waals surface area (Å²) in [4.78, 5) is 20.8. The number of carbonyl (C=O) groups is 2. The van der Waals surface area contributed by atoms with Crippen molar-refractivity contribution in [1.29, 1.82) is 0 Å². The van der Waals surface area contributed by atoms with Crippen LogP contribution in [0.2, 0.25) is 0 Å². The maximum atomic E-state index is 10.6. The third kappa shape index (κ3) is 5.54. The van der Waals surface area contributed by atoms with Gasteiger partial charge in [-0.25, -0.2) is 0 Å². The Labute approximate surface area is 65.6 Å². The van der Waals surface area contributed by atoms with Gasteiger partial charge in [-0.2, -0.15) is 0 Å². The van der Waals surface area contributed by atoms with Crippen LogP contribution in [-0.2, 0) is 9.59 Å². The Bertz CT molecular complexity index is 140. The molecule has 2 N–H and O–H groups in total. The molecule has 0 aliphatic rings. The molecule has 0 aromatic heterocycles. The number of carbonyl (C=O) groups excluding carboxylic acids is 1. The average Bonchev–Trinajstić information content (AvgIpc) is 1.84. The second-order valence-electron chi connectivity index (χ2n) is 2.49. The van der Waals surface area contributed by atoms with Crippen LogP contribution < -0.4 is 5.32 Å². The molecule has 0 aromatic carbocycles. The van der Waals surface area contributed by atoms with Crippen LogP contribution in [0.25, 0.3) is 0 Å². The average molecular weight is 159 g/mol. The number of nitrogens with one attached hydrogen (secondary N) is 1. The Morgan fingerprint density at radius 2 is 2.00 bits per heavy atom. The summed E-state index contributed by atoms with van der Waals surface area (Å²) < 4.78 is 0. The normalized spacial score (nSPS) is 12.5. The Balaban J connectivity index is 3.76.